The monoisotopic (exact) mass is 301 g/mol. The molecule has 1 saturated heterocycles. The van der Waals surface area contributed by atoms with Gasteiger partial charge in [0.25, 0.3) is 0 Å². The van der Waals surface area contributed by atoms with Crippen molar-refractivity contribution in [2.45, 2.75) is 13.0 Å². The minimum absolute atomic E-state index is 0.0458. The number of aromatic nitrogens is 1. The van der Waals surface area contributed by atoms with Crippen LogP contribution in [0.2, 0.25) is 0 Å². The smallest absolute Gasteiger partial charge is 0.143 e. The highest BCUT2D eigenvalue weighted by atomic mass is 79.9. The van der Waals surface area contributed by atoms with Crippen LogP contribution in [0.4, 0.5) is 11.5 Å². The molecule has 0 amide bonds. The number of halogens is 1. The second-order valence-corrected chi connectivity index (χ2v) is 4.87. The first-order valence-electron chi connectivity index (χ1n) is 5.51. The third kappa shape index (κ3) is 2.38. The zero-order valence-corrected chi connectivity index (χ0v) is 11.3. The van der Waals surface area contributed by atoms with Crippen molar-refractivity contribution in [1.82, 2.24) is 4.98 Å². The first kappa shape index (κ1) is 12.6. The highest BCUT2D eigenvalue weighted by molar-refractivity contribution is 9.10. The quantitative estimate of drug-likeness (QED) is 0.850. The third-order valence-electron chi connectivity index (χ3n) is 2.99. The van der Waals surface area contributed by atoms with Crippen LogP contribution in [-0.4, -0.2) is 42.5 Å². The third-order valence-corrected chi connectivity index (χ3v) is 3.94. The van der Waals surface area contributed by atoms with Crippen molar-refractivity contribution >= 4 is 27.4 Å². The van der Waals surface area contributed by atoms with Crippen molar-refractivity contribution in [2.24, 2.45) is 0 Å². The predicted molar refractivity (Wildman–Crippen MR) is 70.1 cm³/mol. The number of nitrogen functional groups attached to an aromatic ring is 1. The molecule has 1 unspecified atom stereocenters. The number of aliphatic hydroxyl groups is 1. The van der Waals surface area contributed by atoms with E-state index in [1.165, 1.54) is 0 Å². The molecular weight excluding hydrogens is 286 g/mol. The molecule has 1 aromatic heterocycles. The lowest BCUT2D eigenvalue weighted by atomic mass is 10.2. The van der Waals surface area contributed by atoms with Gasteiger partial charge in [0, 0.05) is 6.54 Å². The Bertz CT molecular complexity index is 414. The molecule has 1 aliphatic rings. The van der Waals surface area contributed by atoms with Crippen LogP contribution in [0.15, 0.2) is 10.7 Å². The predicted octanol–water partition coefficient (Wildman–Crippen LogP) is 0.932. The Morgan fingerprint density at radius 2 is 2.47 bits per heavy atom. The molecule has 1 atom stereocenters. The molecule has 2 heterocycles. The molecule has 1 fully saturated rings. The van der Waals surface area contributed by atoms with Gasteiger partial charge in [-0.25, -0.2) is 4.98 Å². The average molecular weight is 302 g/mol. The zero-order valence-electron chi connectivity index (χ0n) is 9.69. The van der Waals surface area contributed by atoms with Gasteiger partial charge in [0.1, 0.15) is 5.82 Å². The molecule has 0 aliphatic carbocycles. The minimum Gasteiger partial charge on any atom is -0.397 e. The summed E-state index contributed by atoms with van der Waals surface area (Å²) in [6.45, 7) is 3.89. The number of aliphatic hydroxyl groups excluding tert-OH is 1. The summed E-state index contributed by atoms with van der Waals surface area (Å²) in [5, 5.41) is 9.35. The van der Waals surface area contributed by atoms with Crippen molar-refractivity contribution in [3.05, 3.63) is 16.2 Å². The molecule has 1 aromatic rings. The van der Waals surface area contributed by atoms with Crippen molar-refractivity contribution < 1.29 is 9.84 Å². The summed E-state index contributed by atoms with van der Waals surface area (Å²) in [4.78, 5) is 6.40. The molecule has 0 bridgehead atoms. The number of hydrogen-bond donors (Lipinski definition) is 2. The van der Waals surface area contributed by atoms with E-state index in [0.29, 0.717) is 18.9 Å². The van der Waals surface area contributed by atoms with Crippen LogP contribution < -0.4 is 10.6 Å². The standard InChI is InChI=1S/C11H16BrN3O2/c1-7-9(13)4-14-11(10(7)12)15-2-3-17-6-8(15)5-16/h4,8,16H,2-3,5-6,13H2,1H3. The number of anilines is 2. The highest BCUT2D eigenvalue weighted by Crippen LogP contribution is 2.32. The molecule has 0 spiro atoms. The summed E-state index contributed by atoms with van der Waals surface area (Å²) in [6.07, 6.45) is 1.65. The van der Waals surface area contributed by atoms with Gasteiger partial charge in [-0.05, 0) is 28.4 Å². The molecule has 0 radical (unpaired) electrons. The van der Waals surface area contributed by atoms with Crippen LogP contribution in [0.1, 0.15) is 5.56 Å². The SMILES string of the molecule is Cc1c(N)cnc(N2CCOCC2CO)c1Br. The molecule has 3 N–H and O–H groups in total. The maximum Gasteiger partial charge on any atom is 0.143 e. The number of hydrogen-bond acceptors (Lipinski definition) is 5. The Hall–Kier alpha value is -0.850. The van der Waals surface area contributed by atoms with E-state index in [9.17, 15) is 5.11 Å². The summed E-state index contributed by atoms with van der Waals surface area (Å²) in [6, 6.07) is -0.0458. The number of ether oxygens (including phenoxy) is 1. The number of nitrogens with two attached hydrogens (primary N) is 1. The fourth-order valence-electron chi connectivity index (χ4n) is 1.86. The largest absolute Gasteiger partial charge is 0.397 e. The molecule has 5 nitrogen and oxygen atoms in total. The molecule has 0 saturated carbocycles. The summed E-state index contributed by atoms with van der Waals surface area (Å²) in [5.41, 5.74) is 7.43. The summed E-state index contributed by atoms with van der Waals surface area (Å²) in [7, 11) is 0. The van der Waals surface area contributed by atoms with E-state index in [1.54, 1.807) is 6.20 Å². The maximum absolute atomic E-state index is 9.35. The van der Waals surface area contributed by atoms with Crippen LogP contribution in [0, 0.1) is 6.92 Å². The van der Waals surface area contributed by atoms with E-state index in [-0.39, 0.29) is 12.6 Å². The van der Waals surface area contributed by atoms with Crippen molar-refractivity contribution in [2.75, 3.05) is 37.0 Å². The average Bonchev–Trinajstić information content (AvgIpc) is 2.36. The minimum atomic E-state index is -0.0458. The summed E-state index contributed by atoms with van der Waals surface area (Å²) in [5.74, 6) is 0.819. The molecular formula is C11H16BrN3O2. The van der Waals surface area contributed by atoms with E-state index in [2.05, 4.69) is 25.8 Å². The van der Waals surface area contributed by atoms with E-state index in [0.717, 1.165) is 22.4 Å². The zero-order chi connectivity index (χ0) is 12.4. The second-order valence-electron chi connectivity index (χ2n) is 4.08. The summed E-state index contributed by atoms with van der Waals surface area (Å²) < 4.78 is 6.24. The highest BCUT2D eigenvalue weighted by Gasteiger charge is 2.25. The Kier molecular flexibility index (Phi) is 3.86. The number of rotatable bonds is 2. The molecule has 1 aliphatic heterocycles. The van der Waals surface area contributed by atoms with Gasteiger partial charge in [-0.15, -0.1) is 0 Å². The Morgan fingerprint density at radius 1 is 1.71 bits per heavy atom. The number of morpholine rings is 1. The van der Waals surface area contributed by atoms with Crippen molar-refractivity contribution in [3.63, 3.8) is 0 Å². The first-order chi connectivity index (χ1) is 8.15. The van der Waals surface area contributed by atoms with Gasteiger partial charge in [0.15, 0.2) is 0 Å². The number of pyridine rings is 1. The van der Waals surface area contributed by atoms with Crippen LogP contribution in [0.3, 0.4) is 0 Å². The van der Waals surface area contributed by atoms with Crippen LogP contribution >= 0.6 is 15.9 Å². The van der Waals surface area contributed by atoms with Crippen molar-refractivity contribution in [1.29, 1.82) is 0 Å². The molecule has 2 rings (SSSR count). The van der Waals surface area contributed by atoms with Gasteiger partial charge in [0.2, 0.25) is 0 Å². The van der Waals surface area contributed by atoms with Crippen LogP contribution in [-0.2, 0) is 4.74 Å². The maximum atomic E-state index is 9.35. The van der Waals surface area contributed by atoms with Gasteiger partial charge in [-0.2, -0.15) is 0 Å². The fraction of sp³-hybridized carbons (Fsp3) is 0.545. The molecule has 0 aromatic carbocycles. The number of nitrogens with zero attached hydrogens (tertiary/aromatic N) is 2. The van der Waals surface area contributed by atoms with E-state index < -0.39 is 0 Å². The van der Waals surface area contributed by atoms with Gasteiger partial charge in [-0.1, -0.05) is 0 Å². The molecule has 94 valence electrons. The van der Waals surface area contributed by atoms with E-state index >= 15 is 0 Å². The van der Waals surface area contributed by atoms with Gasteiger partial charge in [-0.3, -0.25) is 0 Å². The van der Waals surface area contributed by atoms with Crippen LogP contribution in [0.25, 0.3) is 0 Å². The van der Waals surface area contributed by atoms with E-state index in [1.807, 2.05) is 6.92 Å². The van der Waals surface area contributed by atoms with E-state index in [4.69, 9.17) is 10.5 Å². The molecule has 6 heteroatoms. The summed E-state index contributed by atoms with van der Waals surface area (Å²) >= 11 is 3.52. The second kappa shape index (κ2) is 5.20. The Balaban J connectivity index is 2.35. The lowest BCUT2D eigenvalue weighted by Crippen LogP contribution is -2.48. The van der Waals surface area contributed by atoms with Gasteiger partial charge >= 0.3 is 0 Å². The topological polar surface area (TPSA) is 71.6 Å². The Labute approximate surface area is 109 Å². The normalized spacial score (nSPS) is 20.6. The van der Waals surface area contributed by atoms with Crippen molar-refractivity contribution in [3.8, 4) is 0 Å². The van der Waals surface area contributed by atoms with Gasteiger partial charge < -0.3 is 20.5 Å². The molecule has 17 heavy (non-hydrogen) atoms. The lowest BCUT2D eigenvalue weighted by molar-refractivity contribution is 0.0722. The fourth-order valence-corrected chi connectivity index (χ4v) is 2.42. The Morgan fingerprint density at radius 3 is 3.18 bits per heavy atom. The van der Waals surface area contributed by atoms with Crippen LogP contribution in [0.5, 0.6) is 0 Å². The first-order valence-corrected chi connectivity index (χ1v) is 6.30. The van der Waals surface area contributed by atoms with Gasteiger partial charge in [0.05, 0.1) is 42.2 Å². The lowest BCUT2D eigenvalue weighted by Gasteiger charge is -2.36.